The van der Waals surface area contributed by atoms with Gasteiger partial charge in [-0.1, -0.05) is 76.1 Å². The zero-order chi connectivity index (χ0) is 21.7. The van der Waals surface area contributed by atoms with Crippen molar-refractivity contribution in [3.8, 4) is 0 Å². The number of aliphatic carboxylic acids is 2. The fraction of sp³-hybridized carbons (Fsp3) is 0.615. The van der Waals surface area contributed by atoms with E-state index in [0.717, 1.165) is 38.5 Å². The van der Waals surface area contributed by atoms with Gasteiger partial charge in [-0.15, -0.1) is 0 Å². The summed E-state index contributed by atoms with van der Waals surface area (Å²) in [5.74, 6) is -2.62. The number of allylic oxidation sites excluding steroid dienone is 2. The monoisotopic (exact) mass is 410 g/mol. The molecule has 2 saturated carbocycles. The average Bonchev–Trinajstić information content (AvgIpc) is 2.73. The van der Waals surface area contributed by atoms with Crippen LogP contribution in [0.15, 0.2) is 42.5 Å². The second-order valence-corrected chi connectivity index (χ2v) is 10.7. The van der Waals surface area contributed by atoms with Gasteiger partial charge in [0, 0.05) is 5.41 Å². The van der Waals surface area contributed by atoms with Crippen molar-refractivity contribution in [2.45, 2.75) is 65.2 Å². The van der Waals surface area contributed by atoms with E-state index in [1.165, 1.54) is 5.56 Å². The van der Waals surface area contributed by atoms with Gasteiger partial charge in [-0.3, -0.25) is 9.59 Å². The molecular weight excluding hydrogens is 376 g/mol. The summed E-state index contributed by atoms with van der Waals surface area (Å²) in [4.78, 5) is 25.8. The first-order valence-electron chi connectivity index (χ1n) is 11.4. The molecule has 4 heteroatoms. The molecule has 0 saturated heterocycles. The number of benzene rings is 1. The molecule has 0 unspecified atom stereocenters. The fourth-order valence-corrected chi connectivity index (χ4v) is 7.73. The van der Waals surface area contributed by atoms with E-state index in [-0.39, 0.29) is 17.8 Å². The summed E-state index contributed by atoms with van der Waals surface area (Å²) in [6.45, 7) is 5.81. The van der Waals surface area contributed by atoms with Crippen LogP contribution >= 0.6 is 0 Å². The van der Waals surface area contributed by atoms with Crippen molar-refractivity contribution in [3.05, 3.63) is 48.0 Å². The Bertz CT molecular complexity index is 852. The van der Waals surface area contributed by atoms with Crippen LogP contribution in [0.4, 0.5) is 0 Å². The number of carboxylic acid groups (broad SMARTS) is 2. The van der Waals surface area contributed by atoms with E-state index < -0.39 is 34.1 Å². The molecule has 2 N–H and O–H groups in total. The minimum atomic E-state index is -1.33. The van der Waals surface area contributed by atoms with Gasteiger partial charge >= 0.3 is 11.9 Å². The standard InChI is InChI=1S/C26H34O4/c1-24(2,3)26(23(29)30)21(22(27)28)18-13-15-25(26,16-14-18)20-12-8-7-11-19(20)17-9-5-4-6-10-17/h4-6,9-10,13,15,18-21H,7-8,11-12,14,16H2,1-3H3,(H,27,28)(H,29,30)/t18-,19+,20+,21+,25+,26+/m0/s1. The summed E-state index contributed by atoms with van der Waals surface area (Å²) in [7, 11) is 0. The number of rotatable bonds is 4. The number of hydrogen-bond acceptors (Lipinski definition) is 2. The van der Waals surface area contributed by atoms with Gasteiger partial charge in [0.05, 0.1) is 11.3 Å². The molecule has 4 aliphatic rings. The Kier molecular flexibility index (Phi) is 5.11. The lowest BCUT2D eigenvalue weighted by Gasteiger charge is -2.66. The molecule has 4 aliphatic carbocycles. The quantitative estimate of drug-likeness (QED) is 0.620. The number of fused-ring (bicyclic) bond motifs is 2. The Labute approximate surface area is 179 Å². The normalized spacial score (nSPS) is 38.4. The number of hydrogen-bond donors (Lipinski definition) is 2. The molecule has 0 aliphatic heterocycles. The highest BCUT2D eigenvalue weighted by molar-refractivity contribution is 5.87. The van der Waals surface area contributed by atoms with Crippen LogP contribution < -0.4 is 0 Å². The molecule has 5 rings (SSSR count). The maximum Gasteiger partial charge on any atom is 0.311 e. The van der Waals surface area contributed by atoms with Crippen molar-refractivity contribution < 1.29 is 19.8 Å². The van der Waals surface area contributed by atoms with Crippen LogP contribution in [0.5, 0.6) is 0 Å². The van der Waals surface area contributed by atoms with Crippen molar-refractivity contribution in [3.63, 3.8) is 0 Å². The van der Waals surface area contributed by atoms with Gasteiger partial charge < -0.3 is 10.2 Å². The van der Waals surface area contributed by atoms with Gasteiger partial charge in [0.25, 0.3) is 0 Å². The lowest BCUT2D eigenvalue weighted by Crippen LogP contribution is -2.69. The summed E-state index contributed by atoms with van der Waals surface area (Å²) in [5, 5.41) is 21.1. The van der Waals surface area contributed by atoms with E-state index >= 15 is 0 Å². The summed E-state index contributed by atoms with van der Waals surface area (Å²) >= 11 is 0. The van der Waals surface area contributed by atoms with Crippen LogP contribution in [0.2, 0.25) is 0 Å². The Hall–Kier alpha value is -2.10. The minimum absolute atomic E-state index is 0.128. The first-order chi connectivity index (χ1) is 14.2. The molecule has 4 nitrogen and oxygen atoms in total. The molecule has 0 radical (unpaired) electrons. The average molecular weight is 411 g/mol. The van der Waals surface area contributed by atoms with E-state index in [4.69, 9.17) is 0 Å². The predicted octanol–water partition coefficient (Wildman–Crippen LogP) is 5.74. The van der Waals surface area contributed by atoms with Crippen molar-refractivity contribution in [2.75, 3.05) is 0 Å². The van der Waals surface area contributed by atoms with E-state index in [0.29, 0.717) is 0 Å². The van der Waals surface area contributed by atoms with Crippen LogP contribution in [0.1, 0.15) is 70.8 Å². The lowest BCUT2D eigenvalue weighted by atomic mass is 9.35. The van der Waals surface area contributed by atoms with Crippen molar-refractivity contribution in [1.82, 2.24) is 0 Å². The number of carboxylic acids is 2. The van der Waals surface area contributed by atoms with Crippen LogP contribution in [-0.2, 0) is 9.59 Å². The third kappa shape index (κ3) is 2.72. The highest BCUT2D eigenvalue weighted by Crippen LogP contribution is 2.72. The molecule has 162 valence electrons. The highest BCUT2D eigenvalue weighted by atomic mass is 16.4. The molecule has 0 aromatic heterocycles. The minimum Gasteiger partial charge on any atom is -0.481 e. The van der Waals surface area contributed by atoms with E-state index in [2.05, 4.69) is 30.3 Å². The first kappa shape index (κ1) is 21.1. The topological polar surface area (TPSA) is 74.6 Å². The number of carbonyl (C=O) groups is 2. The lowest BCUT2D eigenvalue weighted by molar-refractivity contribution is -0.214. The molecule has 1 aromatic rings. The fourth-order valence-electron chi connectivity index (χ4n) is 7.73. The van der Waals surface area contributed by atoms with Gasteiger partial charge in [0.2, 0.25) is 0 Å². The molecule has 2 fully saturated rings. The Morgan fingerprint density at radius 2 is 1.67 bits per heavy atom. The van der Waals surface area contributed by atoms with Crippen LogP contribution in [0, 0.1) is 34.0 Å². The highest BCUT2D eigenvalue weighted by Gasteiger charge is 2.74. The molecule has 30 heavy (non-hydrogen) atoms. The molecule has 0 amide bonds. The summed E-state index contributed by atoms with van der Waals surface area (Å²) in [6, 6.07) is 10.4. The molecule has 0 spiro atoms. The Balaban J connectivity index is 1.96. The van der Waals surface area contributed by atoms with E-state index in [1.54, 1.807) is 0 Å². The van der Waals surface area contributed by atoms with Crippen molar-refractivity contribution in [2.24, 2.45) is 34.0 Å². The van der Waals surface area contributed by atoms with E-state index in [9.17, 15) is 19.8 Å². The predicted molar refractivity (Wildman–Crippen MR) is 116 cm³/mol. The molecule has 2 bridgehead atoms. The van der Waals surface area contributed by atoms with Crippen molar-refractivity contribution in [1.29, 1.82) is 0 Å². The third-order valence-corrected chi connectivity index (χ3v) is 8.60. The van der Waals surface area contributed by atoms with Crippen LogP contribution in [-0.4, -0.2) is 22.2 Å². The maximum atomic E-state index is 13.2. The molecule has 1 aromatic carbocycles. The molecular formula is C26H34O4. The van der Waals surface area contributed by atoms with Crippen LogP contribution in [0.3, 0.4) is 0 Å². The van der Waals surface area contributed by atoms with Crippen molar-refractivity contribution >= 4 is 11.9 Å². The van der Waals surface area contributed by atoms with Gasteiger partial charge in [0.15, 0.2) is 0 Å². The Morgan fingerprint density at radius 3 is 2.20 bits per heavy atom. The Morgan fingerprint density at radius 1 is 1.00 bits per heavy atom. The van der Waals surface area contributed by atoms with E-state index in [1.807, 2.05) is 32.9 Å². The second kappa shape index (κ2) is 7.25. The maximum absolute atomic E-state index is 13.2. The molecule has 0 heterocycles. The SMILES string of the molecule is CC(C)(C)[C@]1(C(=O)O)[C@@H](C(=O)O)[C@H]2C=C[C@]1([C@@H]1CCCC[C@@H]1c1ccccc1)CC2. The molecule has 6 atom stereocenters. The van der Waals surface area contributed by atoms with Gasteiger partial charge in [-0.05, 0) is 54.4 Å². The summed E-state index contributed by atoms with van der Waals surface area (Å²) < 4.78 is 0. The third-order valence-electron chi connectivity index (χ3n) is 8.60. The summed E-state index contributed by atoms with van der Waals surface area (Å²) in [6.07, 6.45) is 9.92. The summed E-state index contributed by atoms with van der Waals surface area (Å²) in [5.41, 5.74) is -1.42. The van der Waals surface area contributed by atoms with Gasteiger partial charge in [-0.2, -0.15) is 0 Å². The van der Waals surface area contributed by atoms with Crippen LogP contribution in [0.25, 0.3) is 0 Å². The first-order valence-corrected chi connectivity index (χ1v) is 11.4. The smallest absolute Gasteiger partial charge is 0.311 e. The second-order valence-electron chi connectivity index (χ2n) is 10.7. The van der Waals surface area contributed by atoms with Gasteiger partial charge in [-0.25, -0.2) is 0 Å². The van der Waals surface area contributed by atoms with Gasteiger partial charge in [0.1, 0.15) is 0 Å². The largest absolute Gasteiger partial charge is 0.481 e. The zero-order valence-electron chi connectivity index (χ0n) is 18.3. The zero-order valence-corrected chi connectivity index (χ0v) is 18.3.